The third-order valence-corrected chi connectivity index (χ3v) is 3.11. The maximum Gasteiger partial charge on any atom is 0.336 e. The molecule has 0 atom stereocenters. The van der Waals surface area contributed by atoms with Gasteiger partial charge in [0.25, 0.3) is 0 Å². The molecule has 0 fully saturated rings. The van der Waals surface area contributed by atoms with E-state index in [-0.39, 0.29) is 16.5 Å². The molecule has 2 aromatic carbocycles. The summed E-state index contributed by atoms with van der Waals surface area (Å²) in [4.78, 5) is 22.9. The molecule has 0 aliphatic carbocycles. The molecule has 2 aromatic rings. The zero-order chi connectivity index (χ0) is 14.9. The Hall–Kier alpha value is -2.88. The monoisotopic (exact) mass is 268 g/mol. The van der Waals surface area contributed by atoms with Gasteiger partial charge in [-0.25, -0.2) is 9.59 Å². The third-order valence-electron chi connectivity index (χ3n) is 3.11. The second kappa shape index (κ2) is 5.01. The normalized spacial score (nSPS) is 10.2. The van der Waals surface area contributed by atoms with E-state index in [4.69, 9.17) is 0 Å². The van der Waals surface area contributed by atoms with E-state index in [0.717, 1.165) is 0 Å². The minimum absolute atomic E-state index is 0.0430. The summed E-state index contributed by atoms with van der Waals surface area (Å²) in [6, 6.07) is 6.35. The van der Waals surface area contributed by atoms with Crippen molar-refractivity contribution in [2.75, 3.05) is 0 Å². The molecular formula is C16H12O4. The van der Waals surface area contributed by atoms with Gasteiger partial charge in [0.05, 0.1) is 11.1 Å². The summed E-state index contributed by atoms with van der Waals surface area (Å²) in [6.45, 7) is 7.25. The fraction of sp³-hybridized carbons (Fsp3) is 0. The number of rotatable bonds is 4. The zero-order valence-electron chi connectivity index (χ0n) is 10.6. The van der Waals surface area contributed by atoms with E-state index in [1.807, 2.05) is 0 Å². The summed E-state index contributed by atoms with van der Waals surface area (Å²) in [6.07, 6.45) is 2.93. The fourth-order valence-electron chi connectivity index (χ4n) is 2.28. The van der Waals surface area contributed by atoms with Crippen LogP contribution >= 0.6 is 0 Å². The lowest BCUT2D eigenvalue weighted by atomic mass is 9.91. The highest BCUT2D eigenvalue weighted by Crippen LogP contribution is 2.30. The standard InChI is InChI=1S/C16H12O4/c1-3-9-8-10-6-5-7-12(15(17)18)13(10)14(16(19)20)11(9)4-2/h3-8H,1-2H2,(H,17,18)(H,19,20). The van der Waals surface area contributed by atoms with Crippen LogP contribution in [0.4, 0.5) is 0 Å². The number of carboxylic acids is 2. The highest BCUT2D eigenvalue weighted by atomic mass is 16.4. The van der Waals surface area contributed by atoms with E-state index in [2.05, 4.69) is 13.2 Å². The van der Waals surface area contributed by atoms with Crippen LogP contribution in [0.5, 0.6) is 0 Å². The van der Waals surface area contributed by atoms with E-state index < -0.39 is 11.9 Å². The zero-order valence-corrected chi connectivity index (χ0v) is 10.6. The van der Waals surface area contributed by atoms with Crippen LogP contribution in [-0.2, 0) is 0 Å². The second-order valence-corrected chi connectivity index (χ2v) is 4.18. The Morgan fingerprint density at radius 1 is 1.05 bits per heavy atom. The van der Waals surface area contributed by atoms with Gasteiger partial charge in [0.1, 0.15) is 0 Å². The number of hydrogen-bond acceptors (Lipinski definition) is 2. The van der Waals surface area contributed by atoms with Crippen LogP contribution in [0.25, 0.3) is 22.9 Å². The molecule has 0 saturated heterocycles. The molecule has 4 heteroatoms. The van der Waals surface area contributed by atoms with Crippen molar-refractivity contribution < 1.29 is 19.8 Å². The minimum Gasteiger partial charge on any atom is -0.478 e. The van der Waals surface area contributed by atoms with Gasteiger partial charge in [-0.05, 0) is 28.6 Å². The molecule has 100 valence electrons. The summed E-state index contributed by atoms with van der Waals surface area (Å²) >= 11 is 0. The van der Waals surface area contributed by atoms with Gasteiger partial charge in [-0.3, -0.25) is 0 Å². The average Bonchev–Trinajstić information content (AvgIpc) is 2.43. The molecule has 0 spiro atoms. The largest absolute Gasteiger partial charge is 0.478 e. The minimum atomic E-state index is -1.19. The Morgan fingerprint density at radius 3 is 2.25 bits per heavy atom. The van der Waals surface area contributed by atoms with Crippen molar-refractivity contribution in [1.82, 2.24) is 0 Å². The molecule has 0 heterocycles. The van der Waals surface area contributed by atoms with Gasteiger partial charge < -0.3 is 10.2 Å². The van der Waals surface area contributed by atoms with Gasteiger partial charge in [-0.15, -0.1) is 0 Å². The first-order valence-corrected chi connectivity index (χ1v) is 5.82. The lowest BCUT2D eigenvalue weighted by Crippen LogP contribution is -2.07. The van der Waals surface area contributed by atoms with E-state index in [1.165, 1.54) is 18.2 Å². The lowest BCUT2D eigenvalue weighted by molar-refractivity contribution is 0.0695. The molecule has 0 aromatic heterocycles. The van der Waals surface area contributed by atoms with Crippen molar-refractivity contribution in [3.8, 4) is 0 Å². The molecule has 0 unspecified atom stereocenters. The van der Waals surface area contributed by atoms with Gasteiger partial charge in [-0.2, -0.15) is 0 Å². The van der Waals surface area contributed by atoms with Crippen LogP contribution in [0.1, 0.15) is 31.8 Å². The topological polar surface area (TPSA) is 74.6 Å². The Morgan fingerprint density at radius 2 is 1.75 bits per heavy atom. The van der Waals surface area contributed by atoms with Crippen LogP contribution < -0.4 is 0 Å². The van der Waals surface area contributed by atoms with Crippen LogP contribution in [0.3, 0.4) is 0 Å². The highest BCUT2D eigenvalue weighted by molar-refractivity contribution is 6.15. The molecule has 0 bridgehead atoms. The van der Waals surface area contributed by atoms with Crippen molar-refractivity contribution in [2.45, 2.75) is 0 Å². The number of hydrogen-bond donors (Lipinski definition) is 2. The molecule has 4 nitrogen and oxygen atoms in total. The molecule has 0 aliphatic rings. The Balaban J connectivity index is 3.11. The summed E-state index contributed by atoms with van der Waals surface area (Å²) in [5, 5.41) is 19.4. The van der Waals surface area contributed by atoms with Crippen molar-refractivity contribution in [3.05, 3.63) is 59.7 Å². The highest BCUT2D eigenvalue weighted by Gasteiger charge is 2.20. The van der Waals surface area contributed by atoms with E-state index in [0.29, 0.717) is 16.5 Å². The summed E-state index contributed by atoms with van der Waals surface area (Å²) < 4.78 is 0. The van der Waals surface area contributed by atoms with Crippen LogP contribution in [0.2, 0.25) is 0 Å². The van der Waals surface area contributed by atoms with Crippen molar-refractivity contribution in [3.63, 3.8) is 0 Å². The smallest absolute Gasteiger partial charge is 0.336 e. The fourth-order valence-corrected chi connectivity index (χ4v) is 2.28. The first kappa shape index (κ1) is 13.5. The molecule has 0 radical (unpaired) electrons. The molecule has 20 heavy (non-hydrogen) atoms. The molecule has 0 aliphatic heterocycles. The SMILES string of the molecule is C=Cc1cc2cccc(C(=O)O)c2c(C(=O)O)c1C=C. The van der Waals surface area contributed by atoms with Crippen molar-refractivity contribution in [2.24, 2.45) is 0 Å². The van der Waals surface area contributed by atoms with Gasteiger partial charge in [0, 0.05) is 5.39 Å². The van der Waals surface area contributed by atoms with Crippen LogP contribution in [0, 0.1) is 0 Å². The second-order valence-electron chi connectivity index (χ2n) is 4.18. The number of benzene rings is 2. The van der Waals surface area contributed by atoms with Gasteiger partial charge in [0.15, 0.2) is 0 Å². The molecule has 0 saturated carbocycles. The number of carbonyl (C=O) groups is 2. The van der Waals surface area contributed by atoms with E-state index in [9.17, 15) is 19.8 Å². The average molecular weight is 268 g/mol. The van der Waals surface area contributed by atoms with Crippen LogP contribution in [0.15, 0.2) is 37.4 Å². The summed E-state index contributed by atoms with van der Waals surface area (Å²) in [7, 11) is 0. The first-order chi connectivity index (χ1) is 9.51. The third kappa shape index (κ3) is 1.97. The molecule has 0 amide bonds. The molecule has 2 N–H and O–H groups in total. The van der Waals surface area contributed by atoms with Gasteiger partial charge >= 0.3 is 11.9 Å². The summed E-state index contributed by atoms with van der Waals surface area (Å²) in [5.41, 5.74) is 0.866. The maximum absolute atomic E-state index is 11.6. The first-order valence-electron chi connectivity index (χ1n) is 5.82. The van der Waals surface area contributed by atoms with Crippen molar-refractivity contribution >= 4 is 34.9 Å². The van der Waals surface area contributed by atoms with E-state index in [1.54, 1.807) is 18.2 Å². The number of fused-ring (bicyclic) bond motifs is 1. The van der Waals surface area contributed by atoms with Gasteiger partial charge in [0.2, 0.25) is 0 Å². The van der Waals surface area contributed by atoms with Crippen LogP contribution in [-0.4, -0.2) is 22.2 Å². The molecular weight excluding hydrogens is 256 g/mol. The lowest BCUT2D eigenvalue weighted by Gasteiger charge is -2.12. The van der Waals surface area contributed by atoms with Gasteiger partial charge in [-0.1, -0.05) is 37.4 Å². The summed E-state index contributed by atoms with van der Waals surface area (Å²) in [5.74, 6) is -2.36. The Labute approximate surface area is 115 Å². The predicted octanol–water partition coefficient (Wildman–Crippen LogP) is 3.52. The number of carboxylic acid groups (broad SMARTS) is 2. The quantitative estimate of drug-likeness (QED) is 0.889. The Bertz CT molecular complexity index is 757. The maximum atomic E-state index is 11.6. The van der Waals surface area contributed by atoms with E-state index >= 15 is 0 Å². The van der Waals surface area contributed by atoms with Crippen molar-refractivity contribution in [1.29, 1.82) is 0 Å². The number of aromatic carboxylic acids is 2. The Kier molecular flexibility index (Phi) is 3.39. The molecule has 2 rings (SSSR count). The predicted molar refractivity (Wildman–Crippen MR) is 78.0 cm³/mol.